The Balaban J connectivity index is 1.75. The molecule has 0 aromatic heterocycles. The number of nitrogens with one attached hydrogen (secondary N) is 1. The van der Waals surface area contributed by atoms with Crippen LogP contribution in [0, 0.1) is 19.8 Å². The van der Waals surface area contributed by atoms with Crippen molar-refractivity contribution in [3.05, 3.63) is 58.7 Å². The summed E-state index contributed by atoms with van der Waals surface area (Å²) >= 11 is 0. The van der Waals surface area contributed by atoms with E-state index in [4.69, 9.17) is 5.73 Å². The lowest BCUT2D eigenvalue weighted by atomic mass is 10.0. The highest BCUT2D eigenvalue weighted by Gasteiger charge is 2.27. The van der Waals surface area contributed by atoms with Gasteiger partial charge in [-0.2, -0.15) is 0 Å². The first-order chi connectivity index (χ1) is 10.0. The summed E-state index contributed by atoms with van der Waals surface area (Å²) in [5.41, 5.74) is 12.1. The minimum absolute atomic E-state index is 0.0179. The van der Waals surface area contributed by atoms with Crippen LogP contribution in [0.4, 0.5) is 11.4 Å². The number of benzene rings is 2. The molecular formula is C18H20N2O. The number of nitrogen functional groups attached to an aromatic ring is 1. The largest absolute Gasteiger partial charge is 0.398 e. The Morgan fingerprint density at radius 1 is 1.10 bits per heavy atom. The van der Waals surface area contributed by atoms with Crippen molar-refractivity contribution in [1.82, 2.24) is 0 Å². The maximum atomic E-state index is 12.5. The fourth-order valence-corrected chi connectivity index (χ4v) is 2.98. The minimum Gasteiger partial charge on any atom is -0.398 e. The van der Waals surface area contributed by atoms with Crippen LogP contribution in [0.3, 0.4) is 0 Å². The predicted octanol–water partition coefficient (Wildman–Crippen LogP) is 3.24. The highest BCUT2D eigenvalue weighted by Crippen LogP contribution is 2.28. The molecule has 3 N–H and O–H groups in total. The van der Waals surface area contributed by atoms with E-state index < -0.39 is 0 Å². The van der Waals surface area contributed by atoms with Gasteiger partial charge in [0.1, 0.15) is 0 Å². The minimum atomic E-state index is 0.0179. The first-order valence-corrected chi connectivity index (χ1v) is 7.29. The topological polar surface area (TPSA) is 55.1 Å². The molecule has 3 heteroatoms. The summed E-state index contributed by atoms with van der Waals surface area (Å²) in [6, 6.07) is 12.1. The first-order valence-electron chi connectivity index (χ1n) is 7.29. The molecule has 0 heterocycles. The fraction of sp³-hybridized carbons (Fsp3) is 0.278. The van der Waals surface area contributed by atoms with Crippen LogP contribution in [0.1, 0.15) is 22.3 Å². The van der Waals surface area contributed by atoms with E-state index in [-0.39, 0.29) is 11.8 Å². The molecule has 0 saturated heterocycles. The van der Waals surface area contributed by atoms with Crippen LogP contribution in [0.2, 0.25) is 0 Å². The average molecular weight is 280 g/mol. The van der Waals surface area contributed by atoms with Gasteiger partial charge in [0.25, 0.3) is 0 Å². The second-order valence-corrected chi connectivity index (χ2v) is 5.89. The maximum absolute atomic E-state index is 12.5. The van der Waals surface area contributed by atoms with Gasteiger partial charge in [-0.3, -0.25) is 4.79 Å². The van der Waals surface area contributed by atoms with E-state index in [2.05, 4.69) is 17.4 Å². The van der Waals surface area contributed by atoms with Crippen LogP contribution in [0.15, 0.2) is 36.4 Å². The molecule has 0 bridgehead atoms. The van der Waals surface area contributed by atoms with Crippen LogP contribution in [-0.4, -0.2) is 5.91 Å². The molecule has 0 spiro atoms. The smallest absolute Gasteiger partial charge is 0.228 e. The van der Waals surface area contributed by atoms with Crippen LogP contribution < -0.4 is 11.1 Å². The van der Waals surface area contributed by atoms with E-state index >= 15 is 0 Å². The Morgan fingerprint density at radius 3 is 2.33 bits per heavy atom. The van der Waals surface area contributed by atoms with Gasteiger partial charge >= 0.3 is 0 Å². The molecule has 0 saturated carbocycles. The SMILES string of the molecule is Cc1cc(C)c(NC(=O)C2Cc3ccccc3C2)cc1N. The molecule has 108 valence electrons. The lowest BCUT2D eigenvalue weighted by molar-refractivity contribution is -0.119. The molecule has 0 radical (unpaired) electrons. The summed E-state index contributed by atoms with van der Waals surface area (Å²) in [5, 5.41) is 3.04. The van der Waals surface area contributed by atoms with Crippen molar-refractivity contribution in [2.45, 2.75) is 26.7 Å². The van der Waals surface area contributed by atoms with Gasteiger partial charge in [0.15, 0.2) is 0 Å². The summed E-state index contributed by atoms with van der Waals surface area (Å²) in [4.78, 5) is 12.5. The summed E-state index contributed by atoms with van der Waals surface area (Å²) < 4.78 is 0. The van der Waals surface area contributed by atoms with Gasteiger partial charge in [-0.15, -0.1) is 0 Å². The monoisotopic (exact) mass is 280 g/mol. The van der Waals surface area contributed by atoms with Crippen molar-refractivity contribution in [1.29, 1.82) is 0 Å². The third kappa shape index (κ3) is 2.64. The van der Waals surface area contributed by atoms with E-state index in [0.717, 1.165) is 29.7 Å². The lowest BCUT2D eigenvalue weighted by Gasteiger charge is -2.14. The van der Waals surface area contributed by atoms with Gasteiger partial charge < -0.3 is 11.1 Å². The maximum Gasteiger partial charge on any atom is 0.228 e. The van der Waals surface area contributed by atoms with Gasteiger partial charge in [0.2, 0.25) is 5.91 Å². The molecule has 2 aromatic carbocycles. The number of amides is 1. The number of fused-ring (bicyclic) bond motifs is 1. The number of carbonyl (C=O) groups is 1. The predicted molar refractivity (Wildman–Crippen MR) is 86.3 cm³/mol. The molecule has 1 amide bonds. The third-order valence-corrected chi connectivity index (χ3v) is 4.29. The first kappa shape index (κ1) is 13.7. The zero-order valence-corrected chi connectivity index (χ0v) is 12.4. The zero-order valence-electron chi connectivity index (χ0n) is 12.4. The molecule has 1 aliphatic rings. The lowest BCUT2D eigenvalue weighted by Crippen LogP contribution is -2.23. The summed E-state index contributed by atoms with van der Waals surface area (Å²) in [7, 11) is 0. The number of rotatable bonds is 2. The molecule has 2 aromatic rings. The normalized spacial score (nSPS) is 14.0. The van der Waals surface area contributed by atoms with Crippen LogP contribution in [0.5, 0.6) is 0 Å². The van der Waals surface area contributed by atoms with Gasteiger partial charge in [-0.1, -0.05) is 30.3 Å². The number of nitrogens with two attached hydrogens (primary N) is 1. The second kappa shape index (κ2) is 5.24. The highest BCUT2D eigenvalue weighted by atomic mass is 16.1. The summed E-state index contributed by atoms with van der Waals surface area (Å²) in [6.45, 7) is 3.97. The third-order valence-electron chi connectivity index (χ3n) is 4.29. The van der Waals surface area contributed by atoms with Gasteiger partial charge in [-0.25, -0.2) is 0 Å². The molecule has 0 fully saturated rings. The molecule has 3 nitrogen and oxygen atoms in total. The van der Waals surface area contributed by atoms with Crippen LogP contribution in [-0.2, 0) is 17.6 Å². The van der Waals surface area contributed by atoms with Crippen LogP contribution >= 0.6 is 0 Å². The van der Waals surface area contributed by atoms with Gasteiger partial charge in [-0.05, 0) is 55.0 Å². The Labute approximate surface area is 125 Å². The number of anilines is 2. The Kier molecular flexibility index (Phi) is 3.42. The molecule has 1 aliphatic carbocycles. The Morgan fingerprint density at radius 2 is 1.71 bits per heavy atom. The number of hydrogen-bond acceptors (Lipinski definition) is 2. The van der Waals surface area contributed by atoms with E-state index in [0.29, 0.717) is 5.69 Å². The fourth-order valence-electron chi connectivity index (χ4n) is 2.98. The van der Waals surface area contributed by atoms with E-state index in [1.807, 2.05) is 38.1 Å². The van der Waals surface area contributed by atoms with E-state index in [1.165, 1.54) is 11.1 Å². The van der Waals surface area contributed by atoms with Crippen molar-refractivity contribution in [2.75, 3.05) is 11.1 Å². The molecule has 0 aliphatic heterocycles. The molecule has 3 rings (SSSR count). The van der Waals surface area contributed by atoms with Crippen molar-refractivity contribution in [3.63, 3.8) is 0 Å². The van der Waals surface area contributed by atoms with E-state index in [9.17, 15) is 4.79 Å². The quantitative estimate of drug-likeness (QED) is 0.830. The van der Waals surface area contributed by atoms with Gasteiger partial charge in [0.05, 0.1) is 0 Å². The summed E-state index contributed by atoms with van der Waals surface area (Å²) in [6.07, 6.45) is 1.64. The Bertz CT molecular complexity index is 681. The van der Waals surface area contributed by atoms with Crippen molar-refractivity contribution in [3.8, 4) is 0 Å². The molecule has 21 heavy (non-hydrogen) atoms. The molecule has 0 atom stereocenters. The zero-order chi connectivity index (χ0) is 15.0. The summed E-state index contributed by atoms with van der Waals surface area (Å²) in [5.74, 6) is 0.0990. The van der Waals surface area contributed by atoms with Crippen molar-refractivity contribution in [2.24, 2.45) is 5.92 Å². The molecule has 0 unspecified atom stereocenters. The standard InChI is InChI=1S/C18H20N2O/c1-11-7-12(2)17(10-16(11)19)20-18(21)15-8-13-5-3-4-6-14(13)9-15/h3-7,10,15H,8-9,19H2,1-2H3,(H,20,21). The molecular weight excluding hydrogens is 260 g/mol. The second-order valence-electron chi connectivity index (χ2n) is 5.89. The number of carbonyl (C=O) groups excluding carboxylic acids is 1. The van der Waals surface area contributed by atoms with Gasteiger partial charge in [0, 0.05) is 17.3 Å². The van der Waals surface area contributed by atoms with Crippen molar-refractivity contribution < 1.29 is 4.79 Å². The van der Waals surface area contributed by atoms with E-state index in [1.54, 1.807) is 0 Å². The highest BCUT2D eigenvalue weighted by molar-refractivity contribution is 5.94. The number of hydrogen-bond donors (Lipinski definition) is 2. The van der Waals surface area contributed by atoms with Crippen molar-refractivity contribution >= 4 is 17.3 Å². The average Bonchev–Trinajstić information content (AvgIpc) is 2.88. The number of aryl methyl sites for hydroxylation is 2. The Hall–Kier alpha value is -2.29. The van der Waals surface area contributed by atoms with Crippen LogP contribution in [0.25, 0.3) is 0 Å².